The van der Waals surface area contributed by atoms with Gasteiger partial charge in [0.2, 0.25) is 0 Å². The molecule has 0 amide bonds. The van der Waals surface area contributed by atoms with Crippen molar-refractivity contribution in [3.8, 4) is 84.5 Å². The van der Waals surface area contributed by atoms with Crippen LogP contribution in [0.25, 0.3) is 243 Å². The van der Waals surface area contributed by atoms with Crippen LogP contribution in [0.15, 0.2) is 431 Å². The van der Waals surface area contributed by atoms with E-state index in [4.69, 9.17) is 19.9 Å². The molecule has 27 rings (SSSR count). The smallest absolute Gasteiger partial charge is 0.165 e. The van der Waals surface area contributed by atoms with Crippen LogP contribution in [0.4, 0.5) is 0 Å². The third-order valence-corrected chi connectivity index (χ3v) is 28.3. The molecule has 10 heteroatoms. The fraction of sp³-hybridized carbons (Fsp3) is 0. The van der Waals surface area contributed by atoms with Gasteiger partial charge in [-0.3, -0.25) is 4.57 Å². The summed E-state index contributed by atoms with van der Waals surface area (Å²) < 4.78 is 15.0. The van der Waals surface area contributed by atoms with E-state index in [1.807, 2.05) is 76.5 Å². The van der Waals surface area contributed by atoms with E-state index in [1.54, 1.807) is 0 Å². The Bertz CT molecular complexity index is 8980. The fourth-order valence-electron chi connectivity index (χ4n) is 19.1. The largest absolute Gasteiger partial charge is 0.309 e. The molecule has 0 aliphatic carbocycles. The molecule has 8 heterocycles. The number of fused-ring (bicyclic) bond motifs is 21. The molecule has 588 valence electrons. The Labute approximate surface area is 735 Å². The lowest BCUT2D eigenvalue weighted by Crippen LogP contribution is -2.03. The van der Waals surface area contributed by atoms with Crippen molar-refractivity contribution in [1.82, 2.24) is 33.6 Å². The standard InChI is InChI=1S/C42H27NS.C38H23N3S.C36H21N3S/c1-4-13-28(14-5-1)30-23-31(29-15-6-2-7-16-29)25-32(24-30)34-20-12-21-38-42(34)37-26-36-35-19-10-11-22-40(35)44-41(36)27-39(37)43(38)33-17-8-3-9-18-33;1-2-10-24(11-3-1)37-29-14-4-7-15-32(29)39-38(40-37)25-18-20-26(21-19-25)41-33-16-8-5-12-27(33)30-22-31-28-13-6-9-17-35(28)42-36(31)23-34(30)41;1-2-10-23-19-24(18-17-22(23)9-1)35-36(38-30-14-6-5-13-29(30)37-35)39-31-15-7-3-11-25(31)27-20-28-26-12-4-8-16-33(26)40-34(28)21-32(27)39/h1-27H;1-23H;1-21H. The minimum Gasteiger partial charge on any atom is -0.309 e. The van der Waals surface area contributed by atoms with Crippen molar-refractivity contribution in [2.75, 3.05) is 0 Å². The number of thiophene rings is 3. The maximum absolute atomic E-state index is 5.30. The van der Waals surface area contributed by atoms with Crippen molar-refractivity contribution >= 4 is 193 Å². The van der Waals surface area contributed by atoms with Crippen molar-refractivity contribution < 1.29 is 0 Å². The minimum absolute atomic E-state index is 0.730. The molecule has 126 heavy (non-hydrogen) atoms. The van der Waals surface area contributed by atoms with Gasteiger partial charge in [0.05, 0.1) is 55.3 Å². The van der Waals surface area contributed by atoms with E-state index in [2.05, 4.69) is 402 Å². The quantitative estimate of drug-likeness (QED) is 0.144. The van der Waals surface area contributed by atoms with E-state index in [-0.39, 0.29) is 0 Å². The second kappa shape index (κ2) is 30.1. The number of para-hydroxylation sites is 6. The van der Waals surface area contributed by atoms with Gasteiger partial charge in [-0.15, -0.1) is 34.0 Å². The average Bonchev–Trinajstić information content (AvgIpc) is 1.57. The van der Waals surface area contributed by atoms with Crippen molar-refractivity contribution in [2.24, 2.45) is 0 Å². The van der Waals surface area contributed by atoms with Crippen molar-refractivity contribution in [3.63, 3.8) is 0 Å². The Hall–Kier alpha value is -15.8. The molecule has 0 bridgehead atoms. The lowest BCUT2D eigenvalue weighted by atomic mass is 9.91. The van der Waals surface area contributed by atoms with Crippen LogP contribution in [0.2, 0.25) is 0 Å². The summed E-state index contributed by atoms with van der Waals surface area (Å²) in [6.45, 7) is 0. The zero-order valence-electron chi connectivity index (χ0n) is 67.8. The number of rotatable bonds is 9. The highest BCUT2D eigenvalue weighted by molar-refractivity contribution is 7.26. The van der Waals surface area contributed by atoms with E-state index in [0.717, 1.165) is 78.4 Å². The van der Waals surface area contributed by atoms with Gasteiger partial charge < -0.3 is 9.13 Å². The first-order valence-electron chi connectivity index (χ1n) is 42.5. The molecule has 0 fully saturated rings. The van der Waals surface area contributed by atoms with Crippen molar-refractivity contribution in [3.05, 3.63) is 431 Å². The molecule has 7 nitrogen and oxygen atoms in total. The van der Waals surface area contributed by atoms with E-state index < -0.39 is 0 Å². The SMILES string of the molecule is c1ccc(-c2cc(-c3ccccc3)cc(-c3cccc4c3c3cc5c(cc3n4-c3ccccc3)sc3ccccc35)c2)cc1.c1ccc(-c2nc(-c3ccc(-n4c5ccccc5c5cc6c(cc54)sc4ccccc46)cc3)nc3ccccc23)cc1.c1ccc2cc(-c3nc4ccccc4nc3-n3c4ccccc4c4cc5c(cc43)sc3ccccc35)ccc2c1. The second-order valence-corrected chi connectivity index (χ2v) is 35.5. The number of hydrogen-bond acceptors (Lipinski definition) is 7. The third-order valence-electron chi connectivity index (χ3n) is 24.9. The summed E-state index contributed by atoms with van der Waals surface area (Å²) in [6, 6.07) is 154. The minimum atomic E-state index is 0.730. The summed E-state index contributed by atoms with van der Waals surface area (Å²) >= 11 is 5.58. The topological polar surface area (TPSA) is 66.3 Å². The summed E-state index contributed by atoms with van der Waals surface area (Å²) in [4.78, 5) is 20.6. The van der Waals surface area contributed by atoms with Crippen molar-refractivity contribution in [1.29, 1.82) is 0 Å². The molecule has 0 aliphatic heterocycles. The van der Waals surface area contributed by atoms with Gasteiger partial charge in [-0.25, -0.2) is 19.9 Å². The summed E-state index contributed by atoms with van der Waals surface area (Å²) in [5.41, 5.74) is 24.5. The second-order valence-electron chi connectivity index (χ2n) is 32.3. The zero-order chi connectivity index (χ0) is 82.9. The van der Waals surface area contributed by atoms with E-state index in [9.17, 15) is 0 Å². The lowest BCUT2D eigenvalue weighted by Gasteiger charge is -2.14. The highest BCUT2D eigenvalue weighted by atomic mass is 32.1. The maximum atomic E-state index is 5.30. The first-order chi connectivity index (χ1) is 62.4. The van der Waals surface area contributed by atoms with Gasteiger partial charge in [0.1, 0.15) is 5.69 Å². The lowest BCUT2D eigenvalue weighted by molar-refractivity contribution is 1.08. The van der Waals surface area contributed by atoms with Crippen LogP contribution < -0.4 is 0 Å². The predicted molar refractivity (Wildman–Crippen MR) is 537 cm³/mol. The predicted octanol–water partition coefficient (Wildman–Crippen LogP) is 32.5. The molecule has 19 aromatic carbocycles. The molecular formula is C116H71N7S3. The molecule has 0 saturated heterocycles. The van der Waals surface area contributed by atoms with E-state index in [1.165, 1.54) is 165 Å². The molecule has 27 aromatic rings. The van der Waals surface area contributed by atoms with Gasteiger partial charge in [-0.05, 0) is 196 Å². The molecule has 0 aliphatic rings. The Kier molecular flexibility index (Phi) is 17.4. The molecule has 0 spiro atoms. The average molecular weight is 1660 g/mol. The molecule has 8 aromatic heterocycles. The van der Waals surface area contributed by atoms with Crippen LogP contribution in [-0.2, 0) is 0 Å². The number of hydrogen-bond donors (Lipinski definition) is 0. The van der Waals surface area contributed by atoms with Crippen LogP contribution in [0, 0.1) is 0 Å². The van der Waals surface area contributed by atoms with E-state index >= 15 is 0 Å². The highest BCUT2D eigenvalue weighted by Gasteiger charge is 2.25. The van der Waals surface area contributed by atoms with Gasteiger partial charge in [0.15, 0.2) is 11.6 Å². The Morgan fingerprint density at radius 1 is 0.183 bits per heavy atom. The van der Waals surface area contributed by atoms with Crippen LogP contribution in [0.3, 0.4) is 0 Å². The Balaban J connectivity index is 0.000000103. The Morgan fingerprint density at radius 2 is 0.603 bits per heavy atom. The summed E-state index contributed by atoms with van der Waals surface area (Å²) in [5.74, 6) is 1.58. The van der Waals surface area contributed by atoms with Gasteiger partial charge in [0, 0.05) is 126 Å². The third kappa shape index (κ3) is 12.4. The van der Waals surface area contributed by atoms with Gasteiger partial charge >= 0.3 is 0 Å². The number of benzene rings is 19. The normalized spacial score (nSPS) is 11.8. The van der Waals surface area contributed by atoms with Gasteiger partial charge in [-0.2, -0.15) is 0 Å². The molecule has 0 saturated carbocycles. The fourth-order valence-corrected chi connectivity index (χ4v) is 22.5. The maximum Gasteiger partial charge on any atom is 0.165 e. The number of nitrogens with zero attached hydrogens (tertiary/aromatic N) is 7. The van der Waals surface area contributed by atoms with Crippen LogP contribution >= 0.6 is 34.0 Å². The van der Waals surface area contributed by atoms with Crippen LogP contribution in [0.1, 0.15) is 0 Å². The van der Waals surface area contributed by atoms with E-state index in [0.29, 0.717) is 0 Å². The summed E-state index contributed by atoms with van der Waals surface area (Å²) in [7, 11) is 0. The van der Waals surface area contributed by atoms with Crippen LogP contribution in [0.5, 0.6) is 0 Å². The van der Waals surface area contributed by atoms with Crippen molar-refractivity contribution in [2.45, 2.75) is 0 Å². The zero-order valence-corrected chi connectivity index (χ0v) is 70.3. The highest BCUT2D eigenvalue weighted by Crippen LogP contribution is 2.48. The molecule has 0 unspecified atom stereocenters. The molecular weight excluding hydrogens is 1590 g/mol. The number of aromatic nitrogens is 7. The monoisotopic (exact) mass is 1660 g/mol. The molecule has 0 N–H and O–H groups in total. The van der Waals surface area contributed by atoms with Gasteiger partial charge in [0.25, 0.3) is 0 Å². The summed E-state index contributed by atoms with van der Waals surface area (Å²) in [5, 5.41) is 18.9. The molecule has 0 atom stereocenters. The van der Waals surface area contributed by atoms with Gasteiger partial charge in [-0.1, -0.05) is 279 Å². The Morgan fingerprint density at radius 3 is 1.19 bits per heavy atom. The molecule has 0 radical (unpaired) electrons. The summed E-state index contributed by atoms with van der Waals surface area (Å²) in [6.07, 6.45) is 0. The van der Waals surface area contributed by atoms with Crippen LogP contribution in [-0.4, -0.2) is 33.6 Å². The first kappa shape index (κ1) is 72.9. The first-order valence-corrected chi connectivity index (χ1v) is 45.0.